The first-order valence-electron chi connectivity index (χ1n) is 7.39. The van der Waals surface area contributed by atoms with Crippen molar-refractivity contribution in [1.29, 1.82) is 0 Å². The second kappa shape index (κ2) is 8.46. The van der Waals surface area contributed by atoms with Gasteiger partial charge >= 0.3 is 5.97 Å². The van der Waals surface area contributed by atoms with Gasteiger partial charge in [0.05, 0.1) is 24.5 Å². The maximum absolute atomic E-state index is 11.9. The van der Waals surface area contributed by atoms with E-state index >= 15 is 0 Å². The Hall–Kier alpha value is -1.82. The molecule has 0 saturated heterocycles. The molecule has 21 heavy (non-hydrogen) atoms. The average Bonchev–Trinajstić information content (AvgIpc) is 2.48. The van der Waals surface area contributed by atoms with Crippen LogP contribution in [-0.2, 0) is 4.74 Å². The number of aliphatic hydroxyl groups excluding tert-OH is 1. The number of esters is 1. The van der Waals surface area contributed by atoms with Gasteiger partial charge in [-0.2, -0.15) is 0 Å². The van der Waals surface area contributed by atoms with Crippen LogP contribution in [0.5, 0.6) is 0 Å². The highest BCUT2D eigenvalue weighted by molar-refractivity contribution is 5.97. The Bertz CT molecular complexity index is 461. The van der Waals surface area contributed by atoms with Gasteiger partial charge in [-0.15, -0.1) is 0 Å². The van der Waals surface area contributed by atoms with Crippen LogP contribution in [-0.4, -0.2) is 41.9 Å². The van der Waals surface area contributed by atoms with Crippen LogP contribution < -0.4 is 10.6 Å². The summed E-state index contributed by atoms with van der Waals surface area (Å²) in [6.07, 6.45) is 3.35. The van der Waals surface area contributed by atoms with E-state index in [9.17, 15) is 9.90 Å². The first kappa shape index (κ1) is 17.2. The van der Waals surface area contributed by atoms with E-state index < -0.39 is 5.97 Å². The second-order valence-corrected chi connectivity index (χ2v) is 4.70. The fourth-order valence-electron chi connectivity index (χ4n) is 2.38. The second-order valence-electron chi connectivity index (χ2n) is 4.70. The summed E-state index contributed by atoms with van der Waals surface area (Å²) in [7, 11) is 0. The van der Waals surface area contributed by atoms with Crippen LogP contribution >= 0.6 is 0 Å². The Morgan fingerprint density at radius 3 is 2.62 bits per heavy atom. The first-order chi connectivity index (χ1) is 10.1. The number of nitrogens with two attached hydrogens (primary N) is 1. The minimum Gasteiger partial charge on any atom is -0.462 e. The summed E-state index contributed by atoms with van der Waals surface area (Å²) in [5.41, 5.74) is 6.72. The van der Waals surface area contributed by atoms with Crippen molar-refractivity contribution < 1.29 is 14.6 Å². The van der Waals surface area contributed by atoms with E-state index in [1.165, 1.54) is 0 Å². The summed E-state index contributed by atoms with van der Waals surface area (Å²) >= 11 is 0. The standard InChI is InChI=1S/C15H25N3O3/c1-4-11(5-2)18(9-10-19)14-13(16)12(7-8-17-14)15(20)21-6-3/h7-8,11,19H,4-6,9-10,16H2,1-3H3. The van der Waals surface area contributed by atoms with Gasteiger partial charge in [0.15, 0.2) is 5.82 Å². The van der Waals surface area contributed by atoms with Crippen LogP contribution in [0.15, 0.2) is 12.3 Å². The first-order valence-corrected chi connectivity index (χ1v) is 7.39. The van der Waals surface area contributed by atoms with Crippen LogP contribution in [0.4, 0.5) is 11.5 Å². The molecule has 0 bridgehead atoms. The number of nitrogen functional groups attached to an aromatic ring is 1. The van der Waals surface area contributed by atoms with Gasteiger partial charge in [-0.3, -0.25) is 0 Å². The fraction of sp³-hybridized carbons (Fsp3) is 0.600. The smallest absolute Gasteiger partial charge is 0.340 e. The number of nitrogens with zero attached hydrogens (tertiary/aromatic N) is 2. The zero-order chi connectivity index (χ0) is 15.8. The predicted molar refractivity (Wildman–Crippen MR) is 83.4 cm³/mol. The van der Waals surface area contributed by atoms with E-state index in [4.69, 9.17) is 10.5 Å². The van der Waals surface area contributed by atoms with Gasteiger partial charge in [-0.05, 0) is 25.8 Å². The molecule has 1 aromatic rings. The topological polar surface area (TPSA) is 88.7 Å². The Morgan fingerprint density at radius 1 is 1.43 bits per heavy atom. The summed E-state index contributed by atoms with van der Waals surface area (Å²) in [4.78, 5) is 18.2. The molecule has 6 nitrogen and oxygen atoms in total. The molecule has 0 aliphatic heterocycles. The number of anilines is 2. The van der Waals surface area contributed by atoms with Crippen molar-refractivity contribution >= 4 is 17.5 Å². The number of aromatic nitrogens is 1. The molecule has 0 atom stereocenters. The monoisotopic (exact) mass is 295 g/mol. The van der Waals surface area contributed by atoms with Crippen LogP contribution in [0.2, 0.25) is 0 Å². The molecular weight excluding hydrogens is 270 g/mol. The molecule has 118 valence electrons. The van der Waals surface area contributed by atoms with Crippen molar-refractivity contribution in [2.75, 3.05) is 30.4 Å². The van der Waals surface area contributed by atoms with E-state index in [0.717, 1.165) is 12.8 Å². The lowest BCUT2D eigenvalue weighted by molar-refractivity contribution is 0.0527. The van der Waals surface area contributed by atoms with Gasteiger partial charge in [0.2, 0.25) is 0 Å². The van der Waals surface area contributed by atoms with Crippen molar-refractivity contribution in [1.82, 2.24) is 4.98 Å². The highest BCUT2D eigenvalue weighted by Crippen LogP contribution is 2.27. The Balaban J connectivity index is 3.20. The number of pyridine rings is 1. The summed E-state index contributed by atoms with van der Waals surface area (Å²) < 4.78 is 5.00. The minimum absolute atomic E-state index is 0.00124. The number of carbonyl (C=O) groups is 1. The number of hydrogen-bond donors (Lipinski definition) is 2. The molecule has 1 heterocycles. The maximum atomic E-state index is 11.9. The molecular formula is C15H25N3O3. The molecule has 3 N–H and O–H groups in total. The number of hydrogen-bond acceptors (Lipinski definition) is 6. The third-order valence-corrected chi connectivity index (χ3v) is 3.46. The lowest BCUT2D eigenvalue weighted by Gasteiger charge is -2.32. The zero-order valence-electron chi connectivity index (χ0n) is 13.0. The van der Waals surface area contributed by atoms with Crippen molar-refractivity contribution in [3.8, 4) is 0 Å². The fourth-order valence-corrected chi connectivity index (χ4v) is 2.38. The summed E-state index contributed by atoms with van der Waals surface area (Å²) in [5.74, 6) is 0.0791. The third kappa shape index (κ3) is 4.07. The van der Waals surface area contributed by atoms with Gasteiger partial charge in [-0.25, -0.2) is 9.78 Å². The Labute approximate surface area is 125 Å². The maximum Gasteiger partial charge on any atom is 0.340 e. The third-order valence-electron chi connectivity index (χ3n) is 3.46. The highest BCUT2D eigenvalue weighted by atomic mass is 16.5. The minimum atomic E-state index is -0.452. The van der Waals surface area contributed by atoms with E-state index in [1.54, 1.807) is 19.2 Å². The van der Waals surface area contributed by atoms with Crippen molar-refractivity contribution in [3.63, 3.8) is 0 Å². The van der Waals surface area contributed by atoms with E-state index in [1.807, 2.05) is 4.90 Å². The molecule has 0 aromatic carbocycles. The molecule has 1 aromatic heterocycles. The molecule has 6 heteroatoms. The molecule has 0 saturated carbocycles. The lowest BCUT2D eigenvalue weighted by Crippen LogP contribution is -2.38. The normalized spacial score (nSPS) is 10.7. The highest BCUT2D eigenvalue weighted by Gasteiger charge is 2.22. The average molecular weight is 295 g/mol. The van der Waals surface area contributed by atoms with Gasteiger partial charge in [-0.1, -0.05) is 13.8 Å². The number of carbonyl (C=O) groups excluding carboxylic acids is 1. The van der Waals surface area contributed by atoms with Gasteiger partial charge in [0.1, 0.15) is 0 Å². The Kier molecular flexibility index (Phi) is 6.94. The number of ether oxygens (including phenoxy) is 1. The van der Waals surface area contributed by atoms with Crippen LogP contribution in [0, 0.1) is 0 Å². The molecule has 0 fully saturated rings. The summed E-state index contributed by atoms with van der Waals surface area (Å²) in [5, 5.41) is 9.29. The quantitative estimate of drug-likeness (QED) is 0.711. The molecule has 0 unspecified atom stereocenters. The molecule has 0 aliphatic rings. The molecule has 1 rings (SSSR count). The molecule has 0 radical (unpaired) electrons. The molecule has 0 spiro atoms. The summed E-state index contributed by atoms with van der Waals surface area (Å²) in [6.45, 7) is 6.62. The number of aliphatic hydroxyl groups is 1. The van der Waals surface area contributed by atoms with Crippen molar-refractivity contribution in [2.24, 2.45) is 0 Å². The van der Waals surface area contributed by atoms with Crippen molar-refractivity contribution in [3.05, 3.63) is 17.8 Å². The molecule has 0 amide bonds. The van der Waals surface area contributed by atoms with E-state index in [2.05, 4.69) is 18.8 Å². The van der Waals surface area contributed by atoms with Crippen molar-refractivity contribution in [2.45, 2.75) is 39.7 Å². The molecule has 0 aliphatic carbocycles. The van der Waals surface area contributed by atoms with Gasteiger partial charge < -0.3 is 20.5 Å². The van der Waals surface area contributed by atoms with Crippen LogP contribution in [0.1, 0.15) is 44.0 Å². The van der Waals surface area contributed by atoms with E-state index in [0.29, 0.717) is 30.2 Å². The van der Waals surface area contributed by atoms with Gasteiger partial charge in [0, 0.05) is 18.8 Å². The van der Waals surface area contributed by atoms with Crippen LogP contribution in [0.25, 0.3) is 0 Å². The predicted octanol–water partition coefficient (Wildman–Crippen LogP) is 1.83. The Morgan fingerprint density at radius 2 is 2.10 bits per heavy atom. The van der Waals surface area contributed by atoms with E-state index in [-0.39, 0.29) is 12.6 Å². The lowest BCUT2D eigenvalue weighted by atomic mass is 10.1. The van der Waals surface area contributed by atoms with Gasteiger partial charge in [0.25, 0.3) is 0 Å². The SMILES string of the molecule is CCOC(=O)c1ccnc(N(CCO)C(CC)CC)c1N. The van der Waals surface area contributed by atoms with Crippen LogP contribution in [0.3, 0.4) is 0 Å². The zero-order valence-corrected chi connectivity index (χ0v) is 13.0. The number of rotatable bonds is 8. The summed E-state index contributed by atoms with van der Waals surface area (Å²) in [6, 6.07) is 1.77. The largest absolute Gasteiger partial charge is 0.462 e.